The van der Waals surface area contributed by atoms with Crippen molar-refractivity contribution in [2.45, 2.75) is 19.3 Å². The van der Waals surface area contributed by atoms with Crippen LogP contribution in [0.3, 0.4) is 0 Å². The Hall–Kier alpha value is -3.93. The maximum absolute atomic E-state index is 12.7. The van der Waals surface area contributed by atoms with Gasteiger partial charge in [0.05, 0.1) is 11.0 Å². The number of nitrogens with two attached hydrogens (primary N) is 2. The number of anilines is 1. The maximum atomic E-state index is 12.7. The summed E-state index contributed by atoms with van der Waals surface area (Å²) in [6.07, 6.45) is 3.26. The zero-order valence-corrected chi connectivity index (χ0v) is 16.4. The van der Waals surface area contributed by atoms with Crippen LogP contribution < -0.4 is 11.5 Å². The van der Waals surface area contributed by atoms with Gasteiger partial charge in [-0.3, -0.25) is 4.79 Å². The van der Waals surface area contributed by atoms with Crippen molar-refractivity contribution < 1.29 is 4.79 Å². The van der Waals surface area contributed by atoms with Crippen molar-refractivity contribution in [3.8, 4) is 0 Å². The van der Waals surface area contributed by atoms with Crippen molar-refractivity contribution in [3.05, 3.63) is 77.5 Å². The van der Waals surface area contributed by atoms with E-state index in [9.17, 15) is 4.79 Å². The summed E-state index contributed by atoms with van der Waals surface area (Å²) in [5.74, 6) is 1.20. The number of imidazole rings is 1. The summed E-state index contributed by atoms with van der Waals surface area (Å²) in [4.78, 5) is 24.2. The van der Waals surface area contributed by atoms with E-state index in [0.29, 0.717) is 31.0 Å². The van der Waals surface area contributed by atoms with Gasteiger partial charge in [0.1, 0.15) is 11.6 Å². The fraction of sp³-hybridized carbons (Fsp3) is 0.125. The number of benzene rings is 3. The van der Waals surface area contributed by atoms with E-state index in [1.807, 2.05) is 54.6 Å². The quantitative estimate of drug-likeness (QED) is 0.478. The van der Waals surface area contributed by atoms with Crippen molar-refractivity contribution in [1.82, 2.24) is 9.97 Å². The van der Waals surface area contributed by atoms with E-state index in [1.54, 1.807) is 6.20 Å². The summed E-state index contributed by atoms with van der Waals surface area (Å²) >= 11 is 0. The van der Waals surface area contributed by atoms with Gasteiger partial charge in [0.25, 0.3) is 0 Å². The third-order valence-corrected chi connectivity index (χ3v) is 5.44. The molecule has 3 aromatic carbocycles. The smallest absolute Gasteiger partial charge is 0.198 e. The number of aliphatic imine (C=N–C) groups is 1. The highest BCUT2D eigenvalue weighted by molar-refractivity contribution is 6.05. The molecule has 1 aromatic heterocycles. The SMILES string of the molecule is NC1=NC=C(c2ccc(CC(=O)Cc3ccc4ccc5[nH]c(N)nc5c4c3)cc2)C1. The van der Waals surface area contributed by atoms with Gasteiger partial charge in [0, 0.05) is 30.8 Å². The average molecular weight is 395 g/mol. The lowest BCUT2D eigenvalue weighted by Gasteiger charge is -2.06. The van der Waals surface area contributed by atoms with Gasteiger partial charge in [-0.2, -0.15) is 0 Å². The van der Waals surface area contributed by atoms with Gasteiger partial charge in [0.15, 0.2) is 5.95 Å². The number of H-pyrrole nitrogens is 1. The average Bonchev–Trinajstić information content (AvgIpc) is 3.33. The molecule has 0 saturated carbocycles. The van der Waals surface area contributed by atoms with Crippen molar-refractivity contribution >= 4 is 44.9 Å². The molecule has 0 saturated heterocycles. The number of aromatic nitrogens is 2. The molecule has 0 spiro atoms. The first-order valence-electron chi connectivity index (χ1n) is 9.84. The van der Waals surface area contributed by atoms with Gasteiger partial charge in [-0.1, -0.05) is 42.5 Å². The number of amidine groups is 1. The van der Waals surface area contributed by atoms with E-state index >= 15 is 0 Å². The molecule has 0 amide bonds. The van der Waals surface area contributed by atoms with Crippen LogP contribution in [0.2, 0.25) is 0 Å². The minimum Gasteiger partial charge on any atom is -0.387 e. The van der Waals surface area contributed by atoms with Crippen molar-refractivity contribution in [2.24, 2.45) is 10.7 Å². The second-order valence-electron chi connectivity index (χ2n) is 7.68. The van der Waals surface area contributed by atoms with Gasteiger partial charge >= 0.3 is 0 Å². The standard InChI is InChI=1S/C24H21N5O/c25-22-12-18(13-27-22)16-4-1-14(2-5-16)9-19(30)10-15-3-6-17-7-8-21-23(20(17)11-15)29-24(26)28-21/h1-8,11,13H,9-10,12H2,(H2,25,27)(H3,26,28,29). The molecule has 0 aliphatic carbocycles. The number of rotatable bonds is 5. The molecule has 5 rings (SSSR count). The number of carbonyl (C=O) groups excluding carboxylic acids is 1. The number of nitrogens with one attached hydrogen (secondary N) is 1. The lowest BCUT2D eigenvalue weighted by Crippen LogP contribution is -2.08. The molecule has 0 unspecified atom stereocenters. The molecule has 6 nitrogen and oxygen atoms in total. The van der Waals surface area contributed by atoms with Crippen molar-refractivity contribution in [3.63, 3.8) is 0 Å². The Kier molecular flexibility index (Phi) is 4.32. The largest absolute Gasteiger partial charge is 0.387 e. The summed E-state index contributed by atoms with van der Waals surface area (Å²) in [6, 6.07) is 18.1. The first kappa shape index (κ1) is 18.1. The van der Waals surface area contributed by atoms with Crippen LogP contribution >= 0.6 is 0 Å². The Morgan fingerprint density at radius 2 is 1.70 bits per heavy atom. The first-order chi connectivity index (χ1) is 14.5. The Bertz CT molecular complexity index is 1350. The van der Waals surface area contributed by atoms with Crippen LogP contribution in [0, 0.1) is 0 Å². The summed E-state index contributed by atoms with van der Waals surface area (Å²) in [5, 5.41) is 2.08. The molecule has 30 heavy (non-hydrogen) atoms. The molecule has 6 heteroatoms. The summed E-state index contributed by atoms with van der Waals surface area (Å²) < 4.78 is 0. The van der Waals surface area contributed by atoms with E-state index in [2.05, 4.69) is 15.0 Å². The summed E-state index contributed by atoms with van der Waals surface area (Å²) in [6.45, 7) is 0. The van der Waals surface area contributed by atoms with Crippen LogP contribution in [0.25, 0.3) is 27.4 Å². The normalized spacial score (nSPS) is 13.6. The van der Waals surface area contributed by atoms with E-state index in [0.717, 1.165) is 44.1 Å². The Balaban J connectivity index is 1.31. The molecular formula is C24H21N5O. The molecule has 148 valence electrons. The third-order valence-electron chi connectivity index (χ3n) is 5.44. The van der Waals surface area contributed by atoms with Crippen LogP contribution in [-0.2, 0) is 17.6 Å². The van der Waals surface area contributed by atoms with E-state index < -0.39 is 0 Å². The monoisotopic (exact) mass is 395 g/mol. The molecular weight excluding hydrogens is 374 g/mol. The number of aromatic amines is 1. The molecule has 5 N–H and O–H groups in total. The number of carbonyl (C=O) groups is 1. The van der Waals surface area contributed by atoms with Crippen molar-refractivity contribution in [2.75, 3.05) is 5.73 Å². The molecule has 0 bridgehead atoms. The highest BCUT2D eigenvalue weighted by Crippen LogP contribution is 2.26. The molecule has 4 aromatic rings. The van der Waals surface area contributed by atoms with Crippen molar-refractivity contribution in [1.29, 1.82) is 0 Å². The predicted molar refractivity (Wildman–Crippen MR) is 121 cm³/mol. The van der Waals surface area contributed by atoms with Crippen LogP contribution in [0.5, 0.6) is 0 Å². The zero-order chi connectivity index (χ0) is 20.7. The van der Waals surface area contributed by atoms with Crippen LogP contribution in [0.4, 0.5) is 5.95 Å². The Morgan fingerprint density at radius 3 is 2.47 bits per heavy atom. The highest BCUT2D eigenvalue weighted by Gasteiger charge is 2.11. The summed E-state index contributed by atoms with van der Waals surface area (Å²) in [5.41, 5.74) is 17.4. The van der Waals surface area contributed by atoms with Gasteiger partial charge in [-0.25, -0.2) is 9.98 Å². The number of hydrogen-bond acceptors (Lipinski definition) is 5. The first-order valence-corrected chi connectivity index (χ1v) is 9.84. The minimum atomic E-state index is 0.170. The third kappa shape index (κ3) is 3.43. The van der Waals surface area contributed by atoms with Gasteiger partial charge in [-0.05, 0) is 39.8 Å². The van der Waals surface area contributed by atoms with E-state index in [1.165, 1.54) is 0 Å². The molecule has 1 aliphatic heterocycles. The van der Waals surface area contributed by atoms with Gasteiger partial charge in [0.2, 0.25) is 0 Å². The minimum absolute atomic E-state index is 0.170. The number of nitrogen functional groups attached to an aromatic ring is 1. The maximum Gasteiger partial charge on any atom is 0.198 e. The van der Waals surface area contributed by atoms with Crippen LogP contribution in [-0.4, -0.2) is 21.6 Å². The fourth-order valence-corrected chi connectivity index (χ4v) is 3.95. The molecule has 0 radical (unpaired) electrons. The Labute approximate surface area is 173 Å². The lowest BCUT2D eigenvalue weighted by atomic mass is 9.98. The topological polar surface area (TPSA) is 110 Å². The van der Waals surface area contributed by atoms with Crippen LogP contribution in [0.15, 0.2) is 65.8 Å². The van der Waals surface area contributed by atoms with Gasteiger partial charge in [-0.15, -0.1) is 0 Å². The van der Waals surface area contributed by atoms with E-state index in [-0.39, 0.29) is 5.78 Å². The number of ketones is 1. The number of Topliss-reactive ketones (excluding diaryl/α,β-unsaturated/α-hetero) is 1. The number of hydrogen-bond donors (Lipinski definition) is 3. The molecule has 1 aliphatic rings. The molecule has 0 fully saturated rings. The van der Waals surface area contributed by atoms with E-state index in [4.69, 9.17) is 11.5 Å². The number of fused-ring (bicyclic) bond motifs is 3. The highest BCUT2D eigenvalue weighted by atomic mass is 16.1. The second kappa shape index (κ2) is 7.15. The fourth-order valence-electron chi connectivity index (χ4n) is 3.95. The molecule has 2 heterocycles. The van der Waals surface area contributed by atoms with Crippen LogP contribution in [0.1, 0.15) is 23.1 Å². The second-order valence-corrected chi connectivity index (χ2v) is 7.68. The number of nitrogens with zero attached hydrogens (tertiary/aromatic N) is 2. The summed E-state index contributed by atoms with van der Waals surface area (Å²) in [7, 11) is 0. The molecule has 0 atom stereocenters. The zero-order valence-electron chi connectivity index (χ0n) is 16.4. The predicted octanol–water partition coefficient (Wildman–Crippen LogP) is 3.75. The lowest BCUT2D eigenvalue weighted by molar-refractivity contribution is -0.117. The Morgan fingerprint density at radius 1 is 0.967 bits per heavy atom. The van der Waals surface area contributed by atoms with Gasteiger partial charge < -0.3 is 16.5 Å².